The monoisotopic (exact) mass is 336 g/mol. The van der Waals surface area contributed by atoms with Crippen LogP contribution in [0.15, 0.2) is 54.6 Å². The van der Waals surface area contributed by atoms with Crippen LogP contribution in [0.5, 0.6) is 0 Å². The summed E-state index contributed by atoms with van der Waals surface area (Å²) in [5, 5.41) is 1.43. The Morgan fingerprint density at radius 2 is 1.72 bits per heavy atom. The highest BCUT2D eigenvalue weighted by atomic mass is 16.2. The van der Waals surface area contributed by atoms with Crippen LogP contribution < -0.4 is 10.3 Å². The van der Waals surface area contributed by atoms with Crippen LogP contribution in [0.3, 0.4) is 0 Å². The van der Waals surface area contributed by atoms with Gasteiger partial charge in [0, 0.05) is 18.8 Å². The van der Waals surface area contributed by atoms with Gasteiger partial charge in [-0.25, -0.2) is 0 Å². The lowest BCUT2D eigenvalue weighted by atomic mass is 10.1. The molecule has 128 valence electrons. The maximum atomic E-state index is 12.5. The molecule has 1 N–H and O–H groups in total. The van der Waals surface area contributed by atoms with E-state index in [2.05, 4.69) is 10.3 Å². The molecule has 1 atom stereocenters. The molecule has 0 radical (unpaired) electrons. The van der Waals surface area contributed by atoms with E-state index in [0.29, 0.717) is 19.6 Å². The molecule has 6 nitrogen and oxygen atoms in total. The Hall–Kier alpha value is -2.86. The minimum Gasteiger partial charge on any atom is -0.336 e. The fraction of sp³-hybridized carbons (Fsp3) is 0.263. The highest BCUT2D eigenvalue weighted by molar-refractivity contribution is 6.35. The summed E-state index contributed by atoms with van der Waals surface area (Å²) in [5.74, 6) is -0.956. The molecule has 2 heterocycles. The quantitative estimate of drug-likeness (QED) is 0.863. The third-order valence-electron chi connectivity index (χ3n) is 4.64. The first kappa shape index (κ1) is 15.7. The number of nitrogens with one attached hydrogen (secondary N) is 1. The first-order chi connectivity index (χ1) is 12.1. The van der Waals surface area contributed by atoms with Gasteiger partial charge in [0.05, 0.1) is 6.54 Å². The second-order valence-corrected chi connectivity index (χ2v) is 6.41. The molecule has 2 aliphatic heterocycles. The number of anilines is 1. The van der Waals surface area contributed by atoms with Crippen LogP contribution in [0.1, 0.15) is 11.1 Å². The van der Waals surface area contributed by atoms with Gasteiger partial charge in [-0.3, -0.25) is 19.5 Å². The number of carbonyl (C=O) groups excluding carboxylic acids is 2. The summed E-state index contributed by atoms with van der Waals surface area (Å²) >= 11 is 0. The van der Waals surface area contributed by atoms with Crippen molar-refractivity contribution in [1.82, 2.24) is 15.3 Å². The second kappa shape index (κ2) is 6.22. The SMILES string of the molecule is Cc1cccc(CN2NC3N(CCN3c3ccccc3)C(=O)C2=O)c1. The minimum atomic E-state index is -0.507. The normalized spacial score (nSPS) is 20.2. The highest BCUT2D eigenvalue weighted by Crippen LogP contribution is 2.25. The molecule has 2 saturated heterocycles. The zero-order chi connectivity index (χ0) is 17.4. The lowest BCUT2D eigenvalue weighted by molar-refractivity contribution is -0.163. The Morgan fingerprint density at radius 1 is 0.960 bits per heavy atom. The molecule has 6 heteroatoms. The maximum absolute atomic E-state index is 12.5. The number of rotatable bonds is 3. The van der Waals surface area contributed by atoms with E-state index >= 15 is 0 Å². The second-order valence-electron chi connectivity index (χ2n) is 6.41. The van der Waals surface area contributed by atoms with E-state index in [1.807, 2.05) is 61.5 Å². The van der Waals surface area contributed by atoms with Crippen molar-refractivity contribution in [2.45, 2.75) is 19.8 Å². The van der Waals surface area contributed by atoms with Gasteiger partial charge in [0.1, 0.15) is 0 Å². The molecule has 2 aliphatic rings. The third-order valence-corrected chi connectivity index (χ3v) is 4.64. The summed E-state index contributed by atoms with van der Waals surface area (Å²) in [4.78, 5) is 28.7. The van der Waals surface area contributed by atoms with Gasteiger partial charge in [-0.05, 0) is 24.6 Å². The summed E-state index contributed by atoms with van der Waals surface area (Å²) in [7, 11) is 0. The van der Waals surface area contributed by atoms with Gasteiger partial charge in [-0.1, -0.05) is 48.0 Å². The Morgan fingerprint density at radius 3 is 2.48 bits per heavy atom. The van der Waals surface area contributed by atoms with Crippen LogP contribution in [-0.2, 0) is 16.1 Å². The van der Waals surface area contributed by atoms with Crippen LogP contribution in [-0.4, -0.2) is 41.1 Å². The Kier molecular flexibility index (Phi) is 3.89. The molecule has 0 aliphatic carbocycles. The number of fused-ring (bicyclic) bond motifs is 1. The van der Waals surface area contributed by atoms with Crippen LogP contribution in [0.25, 0.3) is 0 Å². The third kappa shape index (κ3) is 2.85. The highest BCUT2D eigenvalue weighted by Gasteiger charge is 2.45. The molecule has 4 rings (SSSR count). The van der Waals surface area contributed by atoms with E-state index in [1.54, 1.807) is 4.90 Å². The predicted molar refractivity (Wildman–Crippen MR) is 94.2 cm³/mol. The molecule has 0 bridgehead atoms. The fourth-order valence-electron chi connectivity index (χ4n) is 3.42. The van der Waals surface area contributed by atoms with Crippen molar-refractivity contribution in [3.8, 4) is 0 Å². The Bertz CT molecular complexity index is 808. The molecule has 0 aromatic heterocycles. The number of carbonyl (C=O) groups is 2. The maximum Gasteiger partial charge on any atom is 0.326 e. The molecule has 25 heavy (non-hydrogen) atoms. The number of hydrogen-bond donors (Lipinski definition) is 1. The summed E-state index contributed by atoms with van der Waals surface area (Å²) < 4.78 is 0. The largest absolute Gasteiger partial charge is 0.336 e. The number of aryl methyl sites for hydroxylation is 1. The standard InChI is InChI=1S/C19H20N4O2/c1-14-6-5-7-15(12-14)13-23-18(25)17(24)22-11-10-21(19(22)20-23)16-8-3-2-4-9-16/h2-9,12,19-20H,10-11,13H2,1H3. The average Bonchev–Trinajstić information content (AvgIpc) is 3.04. The Labute approximate surface area is 146 Å². The molecule has 1 unspecified atom stereocenters. The molecule has 0 saturated carbocycles. The Balaban J connectivity index is 1.58. The average molecular weight is 336 g/mol. The van der Waals surface area contributed by atoms with E-state index in [4.69, 9.17) is 0 Å². The van der Waals surface area contributed by atoms with Crippen molar-refractivity contribution in [1.29, 1.82) is 0 Å². The van der Waals surface area contributed by atoms with Gasteiger partial charge in [0.2, 0.25) is 0 Å². The number of nitrogens with zero attached hydrogens (tertiary/aromatic N) is 3. The topological polar surface area (TPSA) is 55.9 Å². The number of para-hydroxylation sites is 1. The first-order valence-electron chi connectivity index (χ1n) is 8.39. The van der Waals surface area contributed by atoms with Crippen molar-refractivity contribution in [3.63, 3.8) is 0 Å². The predicted octanol–water partition coefficient (Wildman–Crippen LogP) is 1.47. The van der Waals surface area contributed by atoms with Crippen molar-refractivity contribution in [3.05, 3.63) is 65.7 Å². The molecule has 2 aromatic rings. The van der Waals surface area contributed by atoms with Gasteiger partial charge < -0.3 is 4.90 Å². The van der Waals surface area contributed by atoms with Gasteiger partial charge in [-0.2, -0.15) is 5.43 Å². The zero-order valence-corrected chi connectivity index (χ0v) is 14.1. The van der Waals surface area contributed by atoms with Gasteiger partial charge >= 0.3 is 11.8 Å². The summed E-state index contributed by atoms with van der Waals surface area (Å²) in [6.45, 7) is 3.60. The minimum absolute atomic E-state index is 0.336. The van der Waals surface area contributed by atoms with Gasteiger partial charge in [0.25, 0.3) is 0 Å². The number of benzene rings is 2. The van der Waals surface area contributed by atoms with Crippen LogP contribution >= 0.6 is 0 Å². The van der Waals surface area contributed by atoms with Crippen molar-refractivity contribution >= 4 is 17.5 Å². The van der Waals surface area contributed by atoms with Crippen molar-refractivity contribution in [2.75, 3.05) is 18.0 Å². The van der Waals surface area contributed by atoms with Crippen LogP contribution in [0, 0.1) is 6.92 Å². The van der Waals surface area contributed by atoms with E-state index in [-0.39, 0.29) is 6.29 Å². The molecule has 0 spiro atoms. The molecule has 2 aromatic carbocycles. The number of hydrogen-bond acceptors (Lipinski definition) is 4. The number of amides is 2. The molecular weight excluding hydrogens is 316 g/mol. The van der Waals surface area contributed by atoms with E-state index in [1.165, 1.54) is 5.01 Å². The fourth-order valence-corrected chi connectivity index (χ4v) is 3.42. The van der Waals surface area contributed by atoms with Crippen LogP contribution in [0.4, 0.5) is 5.69 Å². The lowest BCUT2D eigenvalue weighted by Crippen LogP contribution is -2.67. The lowest BCUT2D eigenvalue weighted by Gasteiger charge is -2.40. The van der Waals surface area contributed by atoms with Crippen LogP contribution in [0.2, 0.25) is 0 Å². The molecular formula is C19H20N4O2. The van der Waals surface area contributed by atoms with Crippen molar-refractivity contribution in [2.24, 2.45) is 0 Å². The van der Waals surface area contributed by atoms with E-state index in [9.17, 15) is 9.59 Å². The first-order valence-corrected chi connectivity index (χ1v) is 8.39. The summed E-state index contributed by atoms with van der Waals surface area (Å²) in [6, 6.07) is 17.9. The summed E-state index contributed by atoms with van der Waals surface area (Å²) in [5.41, 5.74) is 6.37. The zero-order valence-electron chi connectivity index (χ0n) is 14.1. The van der Waals surface area contributed by atoms with Gasteiger partial charge in [-0.15, -0.1) is 0 Å². The number of hydrazine groups is 1. The smallest absolute Gasteiger partial charge is 0.326 e. The molecule has 2 amide bonds. The molecule has 2 fully saturated rings. The van der Waals surface area contributed by atoms with Crippen molar-refractivity contribution < 1.29 is 9.59 Å². The summed E-state index contributed by atoms with van der Waals surface area (Å²) in [6.07, 6.45) is -0.336. The van der Waals surface area contributed by atoms with Gasteiger partial charge in [0.15, 0.2) is 6.29 Å². The van der Waals surface area contributed by atoms with E-state index < -0.39 is 11.8 Å². The van der Waals surface area contributed by atoms with E-state index in [0.717, 1.165) is 16.8 Å².